The molecule has 4 aromatic rings. The number of fused-ring (bicyclic) bond motifs is 2. The van der Waals surface area contributed by atoms with Crippen LogP contribution in [0, 0.1) is 0 Å². The maximum atomic E-state index is 4.52. The number of H-pyrrole nitrogens is 1. The third-order valence-corrected chi connectivity index (χ3v) is 2.84. The van der Waals surface area contributed by atoms with Crippen LogP contribution in [0.15, 0.2) is 43.1 Å². The van der Waals surface area contributed by atoms with Gasteiger partial charge in [0, 0.05) is 18.0 Å². The van der Waals surface area contributed by atoms with Gasteiger partial charge >= 0.3 is 0 Å². The van der Waals surface area contributed by atoms with Gasteiger partial charge in [0.15, 0.2) is 5.65 Å². The fraction of sp³-hybridized carbons (Fsp3) is 0. The van der Waals surface area contributed by atoms with E-state index in [4.69, 9.17) is 0 Å². The largest absolute Gasteiger partial charge is 0.337 e. The van der Waals surface area contributed by atoms with Crippen LogP contribution in [-0.2, 0) is 0 Å². The maximum Gasteiger partial charge on any atom is 0.155 e. The van der Waals surface area contributed by atoms with Crippen molar-refractivity contribution in [2.24, 2.45) is 0 Å². The van der Waals surface area contributed by atoms with Crippen LogP contribution < -0.4 is 0 Å². The van der Waals surface area contributed by atoms with Crippen molar-refractivity contribution in [1.82, 2.24) is 29.5 Å². The molecular formula is C12H8N6. The Bertz CT molecular complexity index is 811. The molecule has 0 saturated heterocycles. The molecule has 0 aliphatic rings. The molecular weight excluding hydrogens is 228 g/mol. The van der Waals surface area contributed by atoms with Gasteiger partial charge in [0.1, 0.15) is 12.2 Å². The monoisotopic (exact) mass is 236 g/mol. The highest BCUT2D eigenvalue weighted by Crippen LogP contribution is 2.20. The molecule has 0 atom stereocenters. The minimum absolute atomic E-state index is 0.797. The van der Waals surface area contributed by atoms with Gasteiger partial charge in [0.2, 0.25) is 0 Å². The molecule has 0 radical (unpaired) electrons. The fourth-order valence-corrected chi connectivity index (χ4v) is 1.96. The Morgan fingerprint density at radius 3 is 3.17 bits per heavy atom. The molecule has 4 heterocycles. The van der Waals surface area contributed by atoms with Crippen molar-refractivity contribution < 1.29 is 0 Å². The lowest BCUT2D eigenvalue weighted by Gasteiger charge is -1.96. The molecule has 0 unspecified atom stereocenters. The average Bonchev–Trinajstić information content (AvgIpc) is 3.04. The first-order chi connectivity index (χ1) is 8.90. The van der Waals surface area contributed by atoms with E-state index in [9.17, 15) is 0 Å². The van der Waals surface area contributed by atoms with Crippen molar-refractivity contribution in [1.29, 1.82) is 0 Å². The lowest BCUT2D eigenvalue weighted by Crippen LogP contribution is -1.88. The molecule has 0 aromatic carbocycles. The number of aromatic amines is 1. The van der Waals surface area contributed by atoms with E-state index in [1.54, 1.807) is 16.9 Å². The molecule has 6 heteroatoms. The Kier molecular flexibility index (Phi) is 1.74. The van der Waals surface area contributed by atoms with Gasteiger partial charge in [-0.2, -0.15) is 5.10 Å². The lowest BCUT2D eigenvalue weighted by atomic mass is 10.2. The Morgan fingerprint density at radius 1 is 1.22 bits per heavy atom. The summed E-state index contributed by atoms with van der Waals surface area (Å²) in [6, 6.07) is 5.77. The van der Waals surface area contributed by atoms with E-state index in [0.29, 0.717) is 0 Å². The SMILES string of the molecule is c1cc2nc(-c3ccn4ncnc4c3)[nH]c2cn1. The second kappa shape index (κ2) is 3.36. The van der Waals surface area contributed by atoms with Gasteiger partial charge in [-0.25, -0.2) is 14.5 Å². The van der Waals surface area contributed by atoms with Crippen molar-refractivity contribution in [3.8, 4) is 11.4 Å². The smallest absolute Gasteiger partial charge is 0.155 e. The van der Waals surface area contributed by atoms with E-state index in [1.807, 2.05) is 24.4 Å². The number of rotatable bonds is 1. The summed E-state index contributed by atoms with van der Waals surface area (Å²) in [5.74, 6) is 0.809. The molecule has 4 rings (SSSR count). The Balaban J connectivity index is 1.94. The number of nitrogens with zero attached hydrogens (tertiary/aromatic N) is 5. The van der Waals surface area contributed by atoms with E-state index in [1.165, 1.54) is 6.33 Å². The molecule has 86 valence electrons. The highest BCUT2D eigenvalue weighted by molar-refractivity contribution is 5.78. The first-order valence-electron chi connectivity index (χ1n) is 5.50. The Labute approximate surface area is 101 Å². The first-order valence-corrected chi connectivity index (χ1v) is 5.50. The zero-order valence-corrected chi connectivity index (χ0v) is 9.28. The summed E-state index contributed by atoms with van der Waals surface area (Å²) in [7, 11) is 0. The highest BCUT2D eigenvalue weighted by Gasteiger charge is 2.06. The number of hydrogen-bond acceptors (Lipinski definition) is 4. The number of nitrogens with one attached hydrogen (secondary N) is 1. The summed E-state index contributed by atoms with van der Waals surface area (Å²) in [6.45, 7) is 0. The van der Waals surface area contributed by atoms with Crippen LogP contribution in [0.4, 0.5) is 0 Å². The molecule has 0 aliphatic heterocycles. The van der Waals surface area contributed by atoms with E-state index in [-0.39, 0.29) is 0 Å². The molecule has 0 spiro atoms. The molecule has 0 bridgehead atoms. The normalized spacial score (nSPS) is 11.3. The van der Waals surface area contributed by atoms with Crippen molar-refractivity contribution >= 4 is 16.7 Å². The zero-order valence-electron chi connectivity index (χ0n) is 9.28. The predicted molar refractivity (Wildman–Crippen MR) is 65.9 cm³/mol. The van der Waals surface area contributed by atoms with E-state index in [0.717, 1.165) is 28.1 Å². The van der Waals surface area contributed by atoms with Crippen LogP contribution in [0.25, 0.3) is 28.1 Å². The summed E-state index contributed by atoms with van der Waals surface area (Å²) in [6.07, 6.45) is 6.89. The van der Waals surface area contributed by atoms with Gasteiger partial charge in [-0.05, 0) is 18.2 Å². The quantitative estimate of drug-likeness (QED) is 0.545. The van der Waals surface area contributed by atoms with Crippen LogP contribution in [-0.4, -0.2) is 29.5 Å². The Hall–Kier alpha value is -2.76. The number of pyridine rings is 2. The van der Waals surface area contributed by atoms with Crippen molar-refractivity contribution in [3.63, 3.8) is 0 Å². The van der Waals surface area contributed by atoms with E-state index < -0.39 is 0 Å². The van der Waals surface area contributed by atoms with Gasteiger partial charge in [-0.15, -0.1) is 0 Å². The zero-order chi connectivity index (χ0) is 11.9. The average molecular weight is 236 g/mol. The van der Waals surface area contributed by atoms with Crippen LogP contribution >= 0.6 is 0 Å². The van der Waals surface area contributed by atoms with Crippen LogP contribution in [0.5, 0.6) is 0 Å². The number of hydrogen-bond donors (Lipinski definition) is 1. The van der Waals surface area contributed by atoms with Gasteiger partial charge in [-0.1, -0.05) is 0 Å². The minimum atomic E-state index is 0.797. The van der Waals surface area contributed by atoms with Gasteiger partial charge in [0.05, 0.1) is 17.2 Å². The van der Waals surface area contributed by atoms with Gasteiger partial charge in [-0.3, -0.25) is 4.98 Å². The Morgan fingerprint density at radius 2 is 2.22 bits per heavy atom. The lowest BCUT2D eigenvalue weighted by molar-refractivity contribution is 0.961. The van der Waals surface area contributed by atoms with Crippen LogP contribution in [0.3, 0.4) is 0 Å². The molecule has 1 N–H and O–H groups in total. The molecule has 0 aliphatic carbocycles. The molecule has 18 heavy (non-hydrogen) atoms. The maximum absolute atomic E-state index is 4.52. The summed E-state index contributed by atoms with van der Waals surface area (Å²) < 4.78 is 1.72. The third kappa shape index (κ3) is 1.29. The minimum Gasteiger partial charge on any atom is -0.337 e. The van der Waals surface area contributed by atoms with Gasteiger partial charge in [0.25, 0.3) is 0 Å². The number of aromatic nitrogens is 6. The summed E-state index contributed by atoms with van der Waals surface area (Å²) in [4.78, 5) is 16.0. The van der Waals surface area contributed by atoms with Gasteiger partial charge < -0.3 is 4.98 Å². The molecule has 4 aromatic heterocycles. The topological polar surface area (TPSA) is 71.8 Å². The number of imidazole rings is 1. The molecule has 0 saturated carbocycles. The highest BCUT2D eigenvalue weighted by atomic mass is 15.3. The second-order valence-electron chi connectivity index (χ2n) is 3.96. The first kappa shape index (κ1) is 9.29. The van der Waals surface area contributed by atoms with Crippen molar-refractivity contribution in [2.75, 3.05) is 0 Å². The fourth-order valence-electron chi connectivity index (χ4n) is 1.96. The van der Waals surface area contributed by atoms with E-state index >= 15 is 0 Å². The third-order valence-electron chi connectivity index (χ3n) is 2.84. The summed E-state index contributed by atoms with van der Waals surface area (Å²) in [5, 5.41) is 4.06. The standard InChI is InChI=1S/C12H8N6/c1-3-13-6-10-9(1)16-12(17-10)8-2-4-18-11(5-8)14-7-15-18/h1-7H,(H,16,17). The van der Waals surface area contributed by atoms with Crippen LogP contribution in [0.1, 0.15) is 0 Å². The predicted octanol–water partition coefficient (Wildman–Crippen LogP) is 1.67. The van der Waals surface area contributed by atoms with Crippen molar-refractivity contribution in [2.45, 2.75) is 0 Å². The summed E-state index contributed by atoms with van der Waals surface area (Å²) in [5.41, 5.74) is 3.60. The van der Waals surface area contributed by atoms with Crippen LogP contribution in [0.2, 0.25) is 0 Å². The molecule has 0 fully saturated rings. The summed E-state index contributed by atoms with van der Waals surface area (Å²) >= 11 is 0. The second-order valence-corrected chi connectivity index (χ2v) is 3.96. The van der Waals surface area contributed by atoms with E-state index in [2.05, 4.69) is 25.0 Å². The molecule has 6 nitrogen and oxygen atoms in total. The molecule has 0 amide bonds. The van der Waals surface area contributed by atoms with Crippen molar-refractivity contribution in [3.05, 3.63) is 43.1 Å².